The summed E-state index contributed by atoms with van der Waals surface area (Å²) in [5, 5.41) is 9.17. The Morgan fingerprint density at radius 1 is 1.05 bits per heavy atom. The Hall–Kier alpha value is -1.84. The van der Waals surface area contributed by atoms with Gasteiger partial charge in [-0.25, -0.2) is 0 Å². The zero-order valence-corrected chi connectivity index (χ0v) is 12.8. The van der Waals surface area contributed by atoms with Crippen molar-refractivity contribution in [2.45, 2.75) is 38.0 Å². The molecule has 2 fully saturated rings. The topological polar surface area (TPSA) is 57.6 Å². The Morgan fingerprint density at radius 3 is 2.50 bits per heavy atom. The third-order valence-electron chi connectivity index (χ3n) is 5.14. The molecule has 22 heavy (non-hydrogen) atoms. The molecular weight excluding hydrogens is 278 g/mol. The lowest BCUT2D eigenvalue weighted by atomic mass is 9.81. The molecule has 1 amide bonds. The van der Waals surface area contributed by atoms with E-state index in [4.69, 9.17) is 5.11 Å². The number of benzene rings is 1. The molecule has 4 heteroatoms. The van der Waals surface area contributed by atoms with Crippen LogP contribution in [-0.2, 0) is 9.59 Å². The van der Waals surface area contributed by atoms with Crippen molar-refractivity contribution >= 4 is 11.9 Å². The Morgan fingerprint density at radius 2 is 1.77 bits per heavy atom. The Balaban J connectivity index is 1.60. The normalized spacial score (nSPS) is 28.5. The predicted octanol–water partition coefficient (Wildman–Crippen LogP) is 2.89. The Labute approximate surface area is 131 Å². The van der Waals surface area contributed by atoms with Gasteiger partial charge < -0.3 is 10.0 Å². The van der Waals surface area contributed by atoms with Gasteiger partial charge >= 0.3 is 5.97 Å². The van der Waals surface area contributed by atoms with Crippen molar-refractivity contribution in [1.29, 1.82) is 0 Å². The second-order valence-electron chi connectivity index (χ2n) is 6.58. The van der Waals surface area contributed by atoms with E-state index >= 15 is 0 Å². The number of carboxylic acids is 1. The van der Waals surface area contributed by atoms with Crippen LogP contribution in [0.4, 0.5) is 0 Å². The number of likely N-dealkylation sites (tertiary alicyclic amines) is 1. The summed E-state index contributed by atoms with van der Waals surface area (Å²) in [6.45, 7) is 1.57. The van der Waals surface area contributed by atoms with Crippen LogP contribution in [0.3, 0.4) is 0 Å². The van der Waals surface area contributed by atoms with Gasteiger partial charge in [0.15, 0.2) is 0 Å². The summed E-state index contributed by atoms with van der Waals surface area (Å²) in [5.74, 6) is -0.589. The van der Waals surface area contributed by atoms with Crippen LogP contribution < -0.4 is 0 Å². The van der Waals surface area contributed by atoms with Crippen LogP contribution in [0.5, 0.6) is 0 Å². The second kappa shape index (κ2) is 6.51. The maximum absolute atomic E-state index is 12.7. The highest BCUT2D eigenvalue weighted by Gasteiger charge is 2.36. The molecule has 0 unspecified atom stereocenters. The molecule has 3 atom stereocenters. The SMILES string of the molecule is O=C(O)[C@@H]1CCC[C@H](C(=O)N2CC[C@H](c3ccccc3)C2)C1. The number of hydrogen-bond acceptors (Lipinski definition) is 2. The third-order valence-corrected chi connectivity index (χ3v) is 5.14. The first-order valence-electron chi connectivity index (χ1n) is 8.21. The standard InChI is InChI=1S/C18H23NO3/c20-17(14-7-4-8-15(11-14)18(21)22)19-10-9-16(12-19)13-5-2-1-3-6-13/h1-3,5-6,14-16H,4,7-12H2,(H,21,22)/t14-,15+,16-/m0/s1. The fraction of sp³-hybridized carbons (Fsp3) is 0.556. The van der Waals surface area contributed by atoms with Gasteiger partial charge in [-0.1, -0.05) is 36.8 Å². The molecule has 2 aliphatic rings. The first kappa shape index (κ1) is 15.1. The first-order chi connectivity index (χ1) is 10.6. The van der Waals surface area contributed by atoms with Crippen LogP contribution in [-0.4, -0.2) is 35.0 Å². The highest BCUT2D eigenvalue weighted by molar-refractivity contribution is 5.80. The molecule has 0 aromatic heterocycles. The van der Waals surface area contributed by atoms with Crippen molar-refractivity contribution in [3.05, 3.63) is 35.9 Å². The maximum Gasteiger partial charge on any atom is 0.306 e. The highest BCUT2D eigenvalue weighted by atomic mass is 16.4. The molecule has 1 aromatic rings. The van der Waals surface area contributed by atoms with Crippen LogP contribution in [0.25, 0.3) is 0 Å². The number of rotatable bonds is 3. The highest BCUT2D eigenvalue weighted by Crippen LogP contribution is 2.33. The molecule has 4 nitrogen and oxygen atoms in total. The lowest BCUT2D eigenvalue weighted by Gasteiger charge is -2.29. The largest absolute Gasteiger partial charge is 0.481 e. The van der Waals surface area contributed by atoms with Crippen molar-refractivity contribution in [3.8, 4) is 0 Å². The van der Waals surface area contributed by atoms with Crippen LogP contribution in [0.1, 0.15) is 43.6 Å². The fourth-order valence-corrected chi connectivity index (χ4v) is 3.85. The summed E-state index contributed by atoms with van der Waals surface area (Å²) in [6, 6.07) is 10.3. The van der Waals surface area contributed by atoms with E-state index in [1.807, 2.05) is 23.1 Å². The van der Waals surface area contributed by atoms with E-state index in [1.54, 1.807) is 0 Å². The van der Waals surface area contributed by atoms with Crippen molar-refractivity contribution in [2.24, 2.45) is 11.8 Å². The Bertz CT molecular complexity index is 543. The molecular formula is C18H23NO3. The quantitative estimate of drug-likeness (QED) is 0.934. The molecule has 0 spiro atoms. The van der Waals surface area contributed by atoms with Gasteiger partial charge in [-0.05, 0) is 31.2 Å². The van der Waals surface area contributed by atoms with Crippen LogP contribution in [0, 0.1) is 11.8 Å². The molecule has 1 saturated carbocycles. The van der Waals surface area contributed by atoms with E-state index in [1.165, 1.54) is 5.56 Å². The molecule has 0 bridgehead atoms. The predicted molar refractivity (Wildman–Crippen MR) is 83.5 cm³/mol. The summed E-state index contributed by atoms with van der Waals surface area (Å²) < 4.78 is 0. The number of hydrogen-bond donors (Lipinski definition) is 1. The number of carboxylic acid groups (broad SMARTS) is 1. The van der Waals surface area contributed by atoms with Crippen molar-refractivity contribution < 1.29 is 14.7 Å². The molecule has 1 N–H and O–H groups in total. The number of carbonyl (C=O) groups excluding carboxylic acids is 1. The maximum atomic E-state index is 12.7. The lowest BCUT2D eigenvalue weighted by Crippen LogP contribution is -2.37. The van der Waals surface area contributed by atoms with Crippen molar-refractivity contribution in [1.82, 2.24) is 4.90 Å². The molecule has 1 aliphatic carbocycles. The molecule has 1 aliphatic heterocycles. The van der Waals surface area contributed by atoms with Gasteiger partial charge in [-0.3, -0.25) is 9.59 Å². The monoisotopic (exact) mass is 301 g/mol. The number of amides is 1. The van der Waals surface area contributed by atoms with Gasteiger partial charge in [0.2, 0.25) is 5.91 Å². The fourth-order valence-electron chi connectivity index (χ4n) is 3.85. The van der Waals surface area contributed by atoms with Gasteiger partial charge in [0, 0.05) is 24.9 Å². The van der Waals surface area contributed by atoms with Crippen molar-refractivity contribution in [2.75, 3.05) is 13.1 Å². The van der Waals surface area contributed by atoms with E-state index in [9.17, 15) is 9.59 Å². The first-order valence-corrected chi connectivity index (χ1v) is 8.21. The van der Waals surface area contributed by atoms with Gasteiger partial charge in [0.25, 0.3) is 0 Å². The average molecular weight is 301 g/mol. The van der Waals surface area contributed by atoms with Gasteiger partial charge in [-0.2, -0.15) is 0 Å². The van der Waals surface area contributed by atoms with Gasteiger partial charge in [0.05, 0.1) is 5.92 Å². The smallest absolute Gasteiger partial charge is 0.306 e. The van der Waals surface area contributed by atoms with Crippen LogP contribution in [0.15, 0.2) is 30.3 Å². The summed E-state index contributed by atoms with van der Waals surface area (Å²) in [7, 11) is 0. The summed E-state index contributed by atoms with van der Waals surface area (Å²) in [6.07, 6.45) is 3.93. The summed E-state index contributed by atoms with van der Waals surface area (Å²) >= 11 is 0. The third kappa shape index (κ3) is 3.16. The molecule has 1 saturated heterocycles. The molecule has 3 rings (SSSR count). The summed E-state index contributed by atoms with van der Waals surface area (Å²) in [5.41, 5.74) is 1.30. The zero-order valence-electron chi connectivity index (χ0n) is 12.8. The Kier molecular flexibility index (Phi) is 4.46. The molecule has 1 aromatic carbocycles. The van der Waals surface area contributed by atoms with Crippen LogP contribution >= 0.6 is 0 Å². The molecule has 0 radical (unpaired) electrons. The minimum absolute atomic E-state index is 0.0932. The van der Waals surface area contributed by atoms with E-state index in [0.717, 1.165) is 32.4 Å². The van der Waals surface area contributed by atoms with E-state index in [-0.39, 0.29) is 17.7 Å². The number of nitrogens with zero attached hydrogens (tertiary/aromatic N) is 1. The molecule has 1 heterocycles. The van der Waals surface area contributed by atoms with Gasteiger partial charge in [0.1, 0.15) is 0 Å². The van der Waals surface area contributed by atoms with Gasteiger partial charge in [-0.15, -0.1) is 0 Å². The van der Waals surface area contributed by atoms with E-state index < -0.39 is 5.97 Å². The number of carbonyl (C=O) groups is 2. The lowest BCUT2D eigenvalue weighted by molar-refractivity contribution is -0.145. The van der Waals surface area contributed by atoms with E-state index in [0.29, 0.717) is 18.8 Å². The second-order valence-corrected chi connectivity index (χ2v) is 6.58. The van der Waals surface area contributed by atoms with Crippen molar-refractivity contribution in [3.63, 3.8) is 0 Å². The van der Waals surface area contributed by atoms with Crippen LogP contribution in [0.2, 0.25) is 0 Å². The minimum Gasteiger partial charge on any atom is -0.481 e. The average Bonchev–Trinajstić information content (AvgIpc) is 3.05. The summed E-state index contributed by atoms with van der Waals surface area (Å²) in [4.78, 5) is 25.8. The minimum atomic E-state index is -0.749. The molecule has 118 valence electrons. The zero-order chi connectivity index (χ0) is 15.5. The number of aliphatic carboxylic acids is 1. The van der Waals surface area contributed by atoms with E-state index in [2.05, 4.69) is 12.1 Å².